The van der Waals surface area contributed by atoms with Crippen molar-refractivity contribution >= 4 is 5.69 Å². The monoisotopic (exact) mass is 363 g/mol. The van der Waals surface area contributed by atoms with Gasteiger partial charge < -0.3 is 5.32 Å². The lowest BCUT2D eigenvalue weighted by Crippen LogP contribution is -2.03. The Morgan fingerprint density at radius 2 is 1.63 bits per heavy atom. The van der Waals surface area contributed by atoms with Crippen molar-refractivity contribution in [1.29, 1.82) is 0 Å². The third-order valence-corrected chi connectivity index (χ3v) is 4.70. The van der Waals surface area contributed by atoms with Crippen LogP contribution in [0.15, 0.2) is 78.0 Å². The molecule has 0 unspecified atom stereocenters. The van der Waals surface area contributed by atoms with Gasteiger partial charge in [-0.25, -0.2) is 4.39 Å². The predicted octanol–water partition coefficient (Wildman–Crippen LogP) is 7.81. The first-order valence-corrected chi connectivity index (χ1v) is 9.66. The maximum absolute atomic E-state index is 14.6. The van der Waals surface area contributed by atoms with E-state index in [2.05, 4.69) is 24.5 Å². The van der Waals surface area contributed by atoms with Gasteiger partial charge in [-0.05, 0) is 67.5 Å². The normalized spacial score (nSPS) is 13.1. The summed E-state index contributed by atoms with van der Waals surface area (Å²) in [6.45, 7) is 16.2. The van der Waals surface area contributed by atoms with Gasteiger partial charge >= 0.3 is 0 Å². The van der Waals surface area contributed by atoms with E-state index in [9.17, 15) is 4.39 Å². The van der Waals surface area contributed by atoms with Crippen LogP contribution in [0.25, 0.3) is 11.1 Å². The summed E-state index contributed by atoms with van der Waals surface area (Å²) in [5.41, 5.74) is 7.80. The third kappa shape index (κ3) is 4.97. The van der Waals surface area contributed by atoms with Gasteiger partial charge in [-0.1, -0.05) is 68.5 Å². The van der Waals surface area contributed by atoms with Crippen LogP contribution in [0.5, 0.6) is 0 Å². The number of rotatable bonds is 5. The predicted molar refractivity (Wildman–Crippen MR) is 116 cm³/mol. The van der Waals surface area contributed by atoms with Crippen LogP contribution in [-0.2, 0) is 0 Å². The van der Waals surface area contributed by atoms with E-state index in [4.69, 9.17) is 0 Å². The zero-order chi connectivity index (χ0) is 20.0. The van der Waals surface area contributed by atoms with Crippen molar-refractivity contribution in [3.8, 4) is 11.1 Å². The number of halogens is 1. The number of allylic oxidation sites excluding steroid dienone is 3. The number of anilines is 1. The number of hydrogen-bond acceptors (Lipinski definition) is 1. The highest BCUT2D eigenvalue weighted by molar-refractivity contribution is 5.68. The summed E-state index contributed by atoms with van der Waals surface area (Å²) in [6, 6.07) is 13.4. The number of hydrogen-bond donors (Lipinski definition) is 1. The first-order valence-electron chi connectivity index (χ1n) is 9.66. The van der Waals surface area contributed by atoms with E-state index in [1.54, 1.807) is 12.1 Å². The molecule has 0 heterocycles. The fourth-order valence-electron chi connectivity index (χ4n) is 3.41. The van der Waals surface area contributed by atoms with Crippen LogP contribution in [0.1, 0.15) is 45.6 Å². The zero-order valence-electron chi connectivity index (χ0n) is 17.0. The maximum atomic E-state index is 14.6. The molecule has 0 bridgehead atoms. The Morgan fingerprint density at radius 1 is 0.963 bits per heavy atom. The minimum Gasteiger partial charge on any atom is -0.353 e. The lowest BCUT2D eigenvalue weighted by molar-refractivity contribution is 0.632. The van der Waals surface area contributed by atoms with E-state index in [0.717, 1.165) is 47.2 Å². The molecule has 2 aromatic rings. The summed E-state index contributed by atoms with van der Waals surface area (Å²) >= 11 is 0. The molecule has 1 nitrogen and oxygen atoms in total. The van der Waals surface area contributed by atoms with Gasteiger partial charge in [0.05, 0.1) is 5.69 Å². The van der Waals surface area contributed by atoms with Gasteiger partial charge in [0.2, 0.25) is 0 Å². The smallest absolute Gasteiger partial charge is 0.147 e. The molecular weight excluding hydrogens is 333 g/mol. The van der Waals surface area contributed by atoms with Crippen molar-refractivity contribution < 1.29 is 4.39 Å². The van der Waals surface area contributed by atoms with E-state index >= 15 is 0 Å². The minimum absolute atomic E-state index is 0.268. The molecule has 0 aromatic heterocycles. The molecule has 2 heteroatoms. The largest absolute Gasteiger partial charge is 0.353 e. The second-order valence-corrected chi connectivity index (χ2v) is 6.76. The van der Waals surface area contributed by atoms with Crippen molar-refractivity contribution in [2.45, 2.75) is 47.0 Å². The van der Waals surface area contributed by atoms with Crippen LogP contribution in [0.4, 0.5) is 10.1 Å². The van der Waals surface area contributed by atoms with Gasteiger partial charge in [-0.3, -0.25) is 0 Å². The van der Waals surface area contributed by atoms with Crippen molar-refractivity contribution in [3.05, 3.63) is 89.4 Å². The highest BCUT2D eigenvalue weighted by Gasteiger charge is 2.18. The Morgan fingerprint density at radius 3 is 2.26 bits per heavy atom. The molecule has 1 aliphatic rings. The van der Waals surface area contributed by atoms with Gasteiger partial charge in [-0.15, -0.1) is 0 Å². The zero-order valence-corrected chi connectivity index (χ0v) is 17.0. The molecule has 142 valence electrons. The topological polar surface area (TPSA) is 12.0 Å². The molecule has 0 radical (unpaired) electrons. The second kappa shape index (κ2) is 9.36. The van der Waals surface area contributed by atoms with Crippen molar-refractivity contribution in [2.24, 2.45) is 0 Å². The van der Waals surface area contributed by atoms with E-state index in [-0.39, 0.29) is 5.82 Å². The van der Waals surface area contributed by atoms with Crippen molar-refractivity contribution in [1.82, 2.24) is 0 Å². The Hall–Kier alpha value is -2.61. The van der Waals surface area contributed by atoms with Crippen LogP contribution >= 0.6 is 0 Å². The van der Waals surface area contributed by atoms with Crippen LogP contribution in [0.2, 0.25) is 0 Å². The summed E-state index contributed by atoms with van der Waals surface area (Å²) in [4.78, 5) is 0. The van der Waals surface area contributed by atoms with Crippen molar-refractivity contribution in [3.63, 3.8) is 0 Å². The molecule has 3 rings (SSSR count). The summed E-state index contributed by atoms with van der Waals surface area (Å²) in [7, 11) is 0. The summed E-state index contributed by atoms with van der Waals surface area (Å²) in [5, 5.41) is 3.16. The third-order valence-electron chi connectivity index (χ3n) is 4.70. The number of nitrogens with one attached hydrogen (secondary N) is 1. The average molecular weight is 364 g/mol. The summed E-state index contributed by atoms with van der Waals surface area (Å²) < 4.78 is 14.6. The molecule has 27 heavy (non-hydrogen) atoms. The molecule has 0 saturated heterocycles. The summed E-state index contributed by atoms with van der Waals surface area (Å²) in [5.74, 6) is -0.268. The molecule has 2 aromatic carbocycles. The summed E-state index contributed by atoms with van der Waals surface area (Å²) in [6.07, 6.45) is 3.10. The number of benzene rings is 2. The van der Waals surface area contributed by atoms with Gasteiger partial charge in [-0.2, -0.15) is 0 Å². The Balaban J connectivity index is 0.00000126. The molecule has 0 amide bonds. The molecule has 0 spiro atoms. The SMILES string of the molecule is C=C(C)C1=C(C(=C)Nc2ccc(-c3cccc(C)c3)cc2F)CCC1.CC. The van der Waals surface area contributed by atoms with Crippen LogP contribution < -0.4 is 5.32 Å². The number of aryl methyl sites for hydroxylation is 1. The van der Waals surface area contributed by atoms with E-state index < -0.39 is 0 Å². The first-order chi connectivity index (χ1) is 13.0. The van der Waals surface area contributed by atoms with Crippen LogP contribution in [-0.4, -0.2) is 0 Å². The van der Waals surface area contributed by atoms with E-state index in [1.807, 2.05) is 52.0 Å². The molecule has 1 aliphatic carbocycles. The average Bonchev–Trinajstić information content (AvgIpc) is 3.15. The Kier molecular flexibility index (Phi) is 7.18. The highest BCUT2D eigenvalue weighted by atomic mass is 19.1. The standard InChI is InChI=1S/C23H24FN.C2H6/c1-15(2)20-9-6-10-21(20)17(4)25-23-12-11-19(14-22(23)24)18-8-5-7-16(3)13-18;1-2/h5,7-8,11-14,25H,1,4,6,9-10H2,2-3H3;1-2H3. The highest BCUT2D eigenvalue weighted by Crippen LogP contribution is 2.35. The van der Waals surface area contributed by atoms with Gasteiger partial charge in [0, 0.05) is 5.70 Å². The lowest BCUT2D eigenvalue weighted by atomic mass is 10.0. The van der Waals surface area contributed by atoms with E-state index in [1.165, 1.54) is 11.1 Å². The second-order valence-electron chi connectivity index (χ2n) is 6.76. The van der Waals surface area contributed by atoms with E-state index in [0.29, 0.717) is 5.69 Å². The molecule has 0 aliphatic heterocycles. The minimum atomic E-state index is -0.268. The first kappa shape index (κ1) is 20.7. The maximum Gasteiger partial charge on any atom is 0.147 e. The van der Waals surface area contributed by atoms with Gasteiger partial charge in [0.1, 0.15) is 5.82 Å². The van der Waals surface area contributed by atoms with Crippen LogP contribution in [0, 0.1) is 12.7 Å². The quantitative estimate of drug-likeness (QED) is 0.571. The van der Waals surface area contributed by atoms with Gasteiger partial charge in [0.25, 0.3) is 0 Å². The Labute approximate surface area is 163 Å². The fourth-order valence-corrected chi connectivity index (χ4v) is 3.41. The fraction of sp³-hybridized carbons (Fsp3) is 0.280. The molecule has 0 fully saturated rings. The van der Waals surface area contributed by atoms with Crippen LogP contribution in [0.3, 0.4) is 0 Å². The lowest BCUT2D eigenvalue weighted by Gasteiger charge is -2.15. The van der Waals surface area contributed by atoms with Crippen molar-refractivity contribution in [2.75, 3.05) is 5.32 Å². The molecule has 1 N–H and O–H groups in total. The van der Waals surface area contributed by atoms with Gasteiger partial charge in [0.15, 0.2) is 0 Å². The molecular formula is C25H30FN. The Bertz CT molecular complexity index is 874. The molecule has 0 atom stereocenters. The molecule has 0 saturated carbocycles.